The van der Waals surface area contributed by atoms with Gasteiger partial charge in [0.05, 0.1) is 0 Å². The standard InChI is InChI=1S/C9H19N/c1-4-8(3)9-5-7(2)6-10-9/h7-10H,4-6H2,1-3H3/t7-,8+,9?/m1/s1. The highest BCUT2D eigenvalue weighted by atomic mass is 15.0. The van der Waals surface area contributed by atoms with E-state index in [0.717, 1.165) is 17.9 Å². The summed E-state index contributed by atoms with van der Waals surface area (Å²) in [6, 6.07) is 0.806. The van der Waals surface area contributed by atoms with Crippen LogP contribution in [0.2, 0.25) is 0 Å². The highest BCUT2D eigenvalue weighted by Gasteiger charge is 2.23. The third kappa shape index (κ3) is 1.72. The molecule has 0 radical (unpaired) electrons. The number of nitrogens with one attached hydrogen (secondary N) is 1. The molecule has 1 aliphatic rings. The fraction of sp³-hybridized carbons (Fsp3) is 1.00. The Morgan fingerprint density at radius 2 is 2.30 bits per heavy atom. The fourth-order valence-electron chi connectivity index (χ4n) is 1.67. The van der Waals surface area contributed by atoms with Crippen molar-refractivity contribution in [2.75, 3.05) is 6.54 Å². The van der Waals surface area contributed by atoms with Crippen molar-refractivity contribution in [2.24, 2.45) is 11.8 Å². The minimum atomic E-state index is 0.806. The topological polar surface area (TPSA) is 12.0 Å². The summed E-state index contributed by atoms with van der Waals surface area (Å²) in [6.45, 7) is 8.18. The molecule has 0 aromatic carbocycles. The SMILES string of the molecule is CC[C@H](C)C1C[C@@H](C)CN1. The zero-order valence-corrected chi connectivity index (χ0v) is 7.35. The van der Waals surface area contributed by atoms with Crippen LogP contribution in [0.4, 0.5) is 0 Å². The van der Waals surface area contributed by atoms with E-state index in [1.807, 2.05) is 0 Å². The van der Waals surface area contributed by atoms with E-state index in [0.29, 0.717) is 0 Å². The van der Waals surface area contributed by atoms with Crippen LogP contribution in [0.15, 0.2) is 0 Å². The van der Waals surface area contributed by atoms with Gasteiger partial charge in [-0.1, -0.05) is 27.2 Å². The van der Waals surface area contributed by atoms with Crippen molar-refractivity contribution in [2.45, 2.75) is 39.7 Å². The predicted molar refractivity (Wildman–Crippen MR) is 45.0 cm³/mol. The lowest BCUT2D eigenvalue weighted by molar-refractivity contribution is 0.402. The van der Waals surface area contributed by atoms with Gasteiger partial charge in [0.1, 0.15) is 0 Å². The van der Waals surface area contributed by atoms with Gasteiger partial charge in [0.2, 0.25) is 0 Å². The second-order valence-corrected chi connectivity index (χ2v) is 3.74. The molecule has 0 saturated carbocycles. The lowest BCUT2D eigenvalue weighted by Crippen LogP contribution is -2.27. The molecule has 60 valence electrons. The smallest absolute Gasteiger partial charge is 0.00957 e. The molecule has 1 N–H and O–H groups in total. The van der Waals surface area contributed by atoms with Crippen molar-refractivity contribution in [3.05, 3.63) is 0 Å². The van der Waals surface area contributed by atoms with Gasteiger partial charge in [-0.05, 0) is 24.8 Å². The summed E-state index contributed by atoms with van der Waals surface area (Å²) < 4.78 is 0. The summed E-state index contributed by atoms with van der Waals surface area (Å²) in [4.78, 5) is 0. The second-order valence-electron chi connectivity index (χ2n) is 3.74. The zero-order chi connectivity index (χ0) is 7.56. The van der Waals surface area contributed by atoms with E-state index in [1.165, 1.54) is 19.4 Å². The van der Waals surface area contributed by atoms with Crippen LogP contribution in [0, 0.1) is 11.8 Å². The van der Waals surface area contributed by atoms with Crippen LogP contribution in [0.1, 0.15) is 33.6 Å². The van der Waals surface area contributed by atoms with Crippen molar-refractivity contribution in [1.29, 1.82) is 0 Å². The van der Waals surface area contributed by atoms with E-state index in [-0.39, 0.29) is 0 Å². The lowest BCUT2D eigenvalue weighted by Gasteiger charge is -2.16. The van der Waals surface area contributed by atoms with Crippen molar-refractivity contribution >= 4 is 0 Å². The Kier molecular flexibility index (Phi) is 2.72. The average molecular weight is 141 g/mol. The average Bonchev–Trinajstić information content (AvgIpc) is 2.34. The number of hydrogen-bond donors (Lipinski definition) is 1. The van der Waals surface area contributed by atoms with Gasteiger partial charge in [0, 0.05) is 6.04 Å². The van der Waals surface area contributed by atoms with E-state index in [4.69, 9.17) is 0 Å². The first-order chi connectivity index (χ1) is 4.74. The van der Waals surface area contributed by atoms with Crippen LogP contribution in [-0.2, 0) is 0 Å². The van der Waals surface area contributed by atoms with Gasteiger partial charge in [-0.15, -0.1) is 0 Å². The zero-order valence-electron chi connectivity index (χ0n) is 7.35. The molecule has 3 atom stereocenters. The van der Waals surface area contributed by atoms with Crippen LogP contribution in [0.3, 0.4) is 0 Å². The molecule has 0 aromatic rings. The monoisotopic (exact) mass is 141 g/mol. The summed E-state index contributed by atoms with van der Waals surface area (Å²) in [5.74, 6) is 1.77. The van der Waals surface area contributed by atoms with Gasteiger partial charge in [0.25, 0.3) is 0 Å². The lowest BCUT2D eigenvalue weighted by atomic mass is 9.95. The largest absolute Gasteiger partial charge is 0.313 e. The molecule has 1 unspecified atom stereocenters. The summed E-state index contributed by atoms with van der Waals surface area (Å²) in [5, 5.41) is 3.56. The summed E-state index contributed by atoms with van der Waals surface area (Å²) in [7, 11) is 0. The second kappa shape index (κ2) is 3.38. The van der Waals surface area contributed by atoms with Crippen molar-refractivity contribution in [3.8, 4) is 0 Å². The van der Waals surface area contributed by atoms with Crippen LogP contribution in [0.25, 0.3) is 0 Å². The Morgan fingerprint density at radius 3 is 2.70 bits per heavy atom. The third-order valence-corrected chi connectivity index (χ3v) is 2.72. The van der Waals surface area contributed by atoms with E-state index < -0.39 is 0 Å². The summed E-state index contributed by atoms with van der Waals surface area (Å²) in [6.07, 6.45) is 2.69. The van der Waals surface area contributed by atoms with Gasteiger partial charge in [0.15, 0.2) is 0 Å². The molecule has 0 aliphatic carbocycles. The predicted octanol–water partition coefficient (Wildman–Crippen LogP) is 2.03. The van der Waals surface area contributed by atoms with Crippen molar-refractivity contribution in [3.63, 3.8) is 0 Å². The van der Waals surface area contributed by atoms with Crippen LogP contribution in [-0.4, -0.2) is 12.6 Å². The maximum Gasteiger partial charge on any atom is 0.00957 e. The Labute approximate surface area is 64.2 Å². The maximum atomic E-state index is 3.56. The first-order valence-corrected chi connectivity index (χ1v) is 4.47. The van der Waals surface area contributed by atoms with Gasteiger partial charge in [-0.3, -0.25) is 0 Å². The van der Waals surface area contributed by atoms with Gasteiger partial charge in [-0.2, -0.15) is 0 Å². The normalized spacial score (nSPS) is 36.3. The molecule has 0 spiro atoms. The van der Waals surface area contributed by atoms with Gasteiger partial charge < -0.3 is 5.32 Å². The van der Waals surface area contributed by atoms with E-state index >= 15 is 0 Å². The molecular weight excluding hydrogens is 122 g/mol. The van der Waals surface area contributed by atoms with Crippen LogP contribution < -0.4 is 5.32 Å². The Hall–Kier alpha value is -0.0400. The number of hydrogen-bond acceptors (Lipinski definition) is 1. The highest BCUT2D eigenvalue weighted by Crippen LogP contribution is 2.20. The molecule has 10 heavy (non-hydrogen) atoms. The molecule has 0 bridgehead atoms. The quantitative estimate of drug-likeness (QED) is 0.620. The Bertz CT molecular complexity index is 101. The third-order valence-electron chi connectivity index (χ3n) is 2.72. The maximum absolute atomic E-state index is 3.56. The van der Waals surface area contributed by atoms with Crippen LogP contribution >= 0.6 is 0 Å². The molecule has 1 fully saturated rings. The summed E-state index contributed by atoms with van der Waals surface area (Å²) in [5.41, 5.74) is 0. The van der Waals surface area contributed by atoms with Gasteiger partial charge in [-0.25, -0.2) is 0 Å². The Balaban J connectivity index is 2.29. The first-order valence-electron chi connectivity index (χ1n) is 4.47. The molecular formula is C9H19N. The number of rotatable bonds is 2. The molecule has 1 aliphatic heterocycles. The van der Waals surface area contributed by atoms with Crippen molar-refractivity contribution < 1.29 is 0 Å². The van der Waals surface area contributed by atoms with E-state index in [9.17, 15) is 0 Å². The molecule has 1 nitrogen and oxygen atoms in total. The molecule has 1 heteroatoms. The molecule has 0 aromatic heterocycles. The summed E-state index contributed by atoms with van der Waals surface area (Å²) >= 11 is 0. The molecule has 0 amide bonds. The molecule has 1 heterocycles. The van der Waals surface area contributed by atoms with Crippen LogP contribution in [0.5, 0.6) is 0 Å². The minimum Gasteiger partial charge on any atom is -0.313 e. The highest BCUT2D eigenvalue weighted by molar-refractivity contribution is 4.82. The first kappa shape index (κ1) is 8.06. The van der Waals surface area contributed by atoms with Gasteiger partial charge >= 0.3 is 0 Å². The Morgan fingerprint density at radius 1 is 1.60 bits per heavy atom. The minimum absolute atomic E-state index is 0.806. The van der Waals surface area contributed by atoms with Crippen molar-refractivity contribution in [1.82, 2.24) is 5.32 Å². The van der Waals surface area contributed by atoms with E-state index in [2.05, 4.69) is 26.1 Å². The molecule has 1 saturated heterocycles. The van der Waals surface area contributed by atoms with E-state index in [1.54, 1.807) is 0 Å². The molecule has 1 rings (SSSR count). The fourth-order valence-corrected chi connectivity index (χ4v) is 1.67.